The zero-order valence-corrected chi connectivity index (χ0v) is 14.1. The maximum Gasteiger partial charge on any atom is 0.413 e. The maximum atomic E-state index is 11.3. The highest BCUT2D eigenvalue weighted by Gasteiger charge is 2.56. The Morgan fingerprint density at radius 2 is 2.05 bits per heavy atom. The van der Waals surface area contributed by atoms with Crippen LogP contribution in [0, 0.1) is 17.2 Å². The highest BCUT2D eigenvalue weighted by atomic mass is 32.1. The van der Waals surface area contributed by atoms with E-state index in [1.165, 1.54) is 0 Å². The minimum Gasteiger partial charge on any atom is -0.320 e. The van der Waals surface area contributed by atoms with Crippen molar-refractivity contribution in [1.29, 1.82) is 5.41 Å². The molecule has 124 valence electrons. The number of nitrogens with one attached hydrogen (secondary N) is 2. The third-order valence-electron chi connectivity index (χ3n) is 3.77. The Morgan fingerprint density at radius 3 is 2.52 bits per heavy atom. The summed E-state index contributed by atoms with van der Waals surface area (Å²) in [6.45, 7) is 1.08. The SMILES string of the molecule is N=C(C(C1CCNCC1CCCS)[P+](O)(O)O)P(=O)(O)O. The Hall–Kier alpha value is 0.440. The van der Waals surface area contributed by atoms with E-state index in [9.17, 15) is 19.2 Å². The van der Waals surface area contributed by atoms with Gasteiger partial charge in [-0.05, 0) is 44.0 Å². The quantitative estimate of drug-likeness (QED) is 0.183. The van der Waals surface area contributed by atoms with E-state index in [4.69, 9.17) is 15.2 Å². The molecule has 7 N–H and O–H groups in total. The number of piperidine rings is 1. The van der Waals surface area contributed by atoms with Crippen molar-refractivity contribution in [2.24, 2.45) is 11.8 Å². The van der Waals surface area contributed by atoms with Gasteiger partial charge in [0.25, 0.3) is 0 Å². The van der Waals surface area contributed by atoms with E-state index in [2.05, 4.69) is 17.9 Å². The van der Waals surface area contributed by atoms with Gasteiger partial charge in [0.05, 0.1) is 0 Å². The van der Waals surface area contributed by atoms with Crippen LogP contribution in [-0.2, 0) is 4.57 Å². The van der Waals surface area contributed by atoms with Crippen LogP contribution in [0.5, 0.6) is 0 Å². The first-order valence-corrected chi connectivity index (χ1v) is 10.6. The first kappa shape index (κ1) is 19.5. The standard InChI is InChI=1S/C10H22N2O6P2S/c11-10(20(16,17)18)9(19(13,14)15)8-3-4-12-6-7(8)2-1-5-21/h7-9,11-15H,1-6H2,(H2-,16,17,18,21)/p+1. The Bertz CT molecular complexity index is 413. The van der Waals surface area contributed by atoms with E-state index in [0.29, 0.717) is 31.7 Å². The van der Waals surface area contributed by atoms with Gasteiger partial charge in [-0.3, -0.25) is 9.97 Å². The third kappa shape index (κ3) is 5.53. The lowest BCUT2D eigenvalue weighted by Crippen LogP contribution is -2.45. The summed E-state index contributed by atoms with van der Waals surface area (Å²) in [5, 5.41) is 10.7. The van der Waals surface area contributed by atoms with E-state index in [1.807, 2.05) is 0 Å². The molecule has 0 aromatic heterocycles. The molecule has 0 bridgehead atoms. The number of hydrogen-bond acceptors (Lipinski definition) is 7. The Kier molecular flexibility index (Phi) is 7.25. The molecule has 0 aromatic carbocycles. The minimum atomic E-state index is -4.93. The molecule has 1 fully saturated rings. The van der Waals surface area contributed by atoms with Gasteiger partial charge in [-0.1, -0.05) is 0 Å². The molecule has 1 heterocycles. The van der Waals surface area contributed by atoms with Gasteiger partial charge in [-0.2, -0.15) is 27.3 Å². The van der Waals surface area contributed by atoms with Gasteiger partial charge >= 0.3 is 15.5 Å². The first-order valence-electron chi connectivity index (χ1n) is 6.62. The average Bonchev–Trinajstić information content (AvgIpc) is 2.35. The van der Waals surface area contributed by atoms with Crippen LogP contribution in [-0.4, -0.2) is 54.4 Å². The van der Waals surface area contributed by atoms with Crippen molar-refractivity contribution >= 4 is 33.6 Å². The molecule has 0 spiro atoms. The zero-order valence-electron chi connectivity index (χ0n) is 11.5. The predicted octanol–water partition coefficient (Wildman–Crippen LogP) is 0.185. The van der Waals surface area contributed by atoms with Crippen LogP contribution < -0.4 is 5.32 Å². The largest absolute Gasteiger partial charge is 0.413 e. The molecule has 0 aliphatic carbocycles. The maximum absolute atomic E-state index is 11.3. The molecular weight excluding hydrogens is 338 g/mol. The highest BCUT2D eigenvalue weighted by Crippen LogP contribution is 2.60. The van der Waals surface area contributed by atoms with Crippen molar-refractivity contribution in [1.82, 2.24) is 5.32 Å². The summed E-state index contributed by atoms with van der Waals surface area (Å²) in [6.07, 6.45) is 1.84. The van der Waals surface area contributed by atoms with E-state index in [-0.39, 0.29) is 5.92 Å². The van der Waals surface area contributed by atoms with Crippen LogP contribution in [0.1, 0.15) is 19.3 Å². The summed E-state index contributed by atoms with van der Waals surface area (Å²) in [5.41, 5.74) is -2.70. The van der Waals surface area contributed by atoms with Gasteiger partial charge in [0, 0.05) is 5.92 Å². The Balaban J connectivity index is 3.05. The van der Waals surface area contributed by atoms with Crippen molar-refractivity contribution in [2.75, 3.05) is 18.8 Å². The van der Waals surface area contributed by atoms with Crippen LogP contribution >= 0.6 is 28.2 Å². The van der Waals surface area contributed by atoms with Crippen molar-refractivity contribution in [3.8, 4) is 0 Å². The van der Waals surface area contributed by atoms with E-state index in [0.717, 1.165) is 6.42 Å². The summed E-state index contributed by atoms with van der Waals surface area (Å²) >= 11 is 4.12. The van der Waals surface area contributed by atoms with Gasteiger partial charge in [0.2, 0.25) is 5.66 Å². The monoisotopic (exact) mass is 361 g/mol. The molecule has 0 amide bonds. The van der Waals surface area contributed by atoms with Crippen molar-refractivity contribution in [2.45, 2.75) is 24.9 Å². The van der Waals surface area contributed by atoms with Gasteiger partial charge in [0.15, 0.2) is 5.45 Å². The normalized spacial score (nSPS) is 25.6. The summed E-state index contributed by atoms with van der Waals surface area (Å²) in [4.78, 5) is 47.1. The molecule has 11 heteroatoms. The average molecular weight is 361 g/mol. The first-order chi connectivity index (χ1) is 9.59. The minimum absolute atomic E-state index is 0.103. The number of hydrogen-bond donors (Lipinski definition) is 8. The Morgan fingerprint density at radius 1 is 1.43 bits per heavy atom. The topological polar surface area (TPSA) is 154 Å². The second-order valence-corrected chi connectivity index (χ2v) is 9.07. The van der Waals surface area contributed by atoms with E-state index in [1.54, 1.807) is 0 Å². The third-order valence-corrected chi connectivity index (χ3v) is 6.59. The molecule has 0 aromatic rings. The Labute approximate surface area is 129 Å². The smallest absolute Gasteiger partial charge is 0.320 e. The van der Waals surface area contributed by atoms with Crippen molar-refractivity contribution < 1.29 is 29.0 Å². The number of thiol groups is 1. The molecule has 1 saturated heterocycles. The molecule has 0 saturated carbocycles. The molecule has 0 radical (unpaired) electrons. The van der Waals surface area contributed by atoms with Crippen LogP contribution in [0.3, 0.4) is 0 Å². The van der Waals surface area contributed by atoms with Gasteiger partial charge in [-0.25, -0.2) is 0 Å². The van der Waals surface area contributed by atoms with Gasteiger partial charge in [-0.15, -0.1) is 0 Å². The molecule has 3 unspecified atom stereocenters. The van der Waals surface area contributed by atoms with Crippen LogP contribution in [0.15, 0.2) is 0 Å². The van der Waals surface area contributed by atoms with E-state index < -0.39 is 32.6 Å². The predicted molar refractivity (Wildman–Crippen MR) is 84.7 cm³/mol. The van der Waals surface area contributed by atoms with Crippen molar-refractivity contribution in [3.05, 3.63) is 0 Å². The fourth-order valence-corrected chi connectivity index (χ4v) is 5.69. The molecule has 1 aliphatic rings. The van der Waals surface area contributed by atoms with Gasteiger partial charge < -0.3 is 15.1 Å². The molecule has 1 rings (SSSR count). The summed E-state index contributed by atoms with van der Waals surface area (Å²) in [6, 6.07) is 0. The molecule has 1 aliphatic heterocycles. The van der Waals surface area contributed by atoms with Crippen molar-refractivity contribution in [3.63, 3.8) is 0 Å². The lowest BCUT2D eigenvalue weighted by molar-refractivity contribution is 0.221. The zero-order chi connectivity index (χ0) is 16.3. The summed E-state index contributed by atoms with van der Waals surface area (Å²) < 4.78 is 11.3. The fourth-order valence-electron chi connectivity index (χ4n) is 2.82. The second-order valence-electron chi connectivity index (χ2n) is 5.27. The second kappa shape index (κ2) is 7.81. The molecule has 21 heavy (non-hydrogen) atoms. The van der Waals surface area contributed by atoms with Crippen LogP contribution in [0.25, 0.3) is 0 Å². The number of rotatable bonds is 7. The lowest BCUT2D eigenvalue weighted by Gasteiger charge is -2.36. The molecular formula is C10H23N2O6P2S+. The highest BCUT2D eigenvalue weighted by molar-refractivity contribution is 7.80. The fraction of sp³-hybridized carbons (Fsp3) is 0.900. The van der Waals surface area contributed by atoms with Crippen LogP contribution in [0.2, 0.25) is 0 Å². The molecule has 8 nitrogen and oxygen atoms in total. The van der Waals surface area contributed by atoms with Gasteiger partial charge in [0.1, 0.15) is 0 Å². The lowest BCUT2D eigenvalue weighted by atomic mass is 9.81. The summed E-state index contributed by atoms with van der Waals surface area (Å²) in [5.74, 6) is -0.0187. The summed E-state index contributed by atoms with van der Waals surface area (Å²) in [7, 11) is -9.51. The van der Waals surface area contributed by atoms with E-state index >= 15 is 0 Å². The molecule has 3 atom stereocenters. The van der Waals surface area contributed by atoms with Crippen LogP contribution in [0.4, 0.5) is 0 Å².